The van der Waals surface area contributed by atoms with E-state index in [1.807, 2.05) is 24.3 Å². The summed E-state index contributed by atoms with van der Waals surface area (Å²) < 4.78 is 16.2. The first-order valence-corrected chi connectivity index (χ1v) is 11.8. The van der Waals surface area contributed by atoms with Crippen LogP contribution in [0.2, 0.25) is 0 Å². The Balaban J connectivity index is 1.27. The summed E-state index contributed by atoms with van der Waals surface area (Å²) >= 11 is 0. The summed E-state index contributed by atoms with van der Waals surface area (Å²) in [6, 6.07) is 10.6. The average molecular weight is 465 g/mol. The number of methoxy groups -OCH3 is 1. The SMILES string of the molecule is COc1ccc(C2=NN(C(=O)COC(=O)C3C[C@H]4CCC[C@@H](C3)C4=O)[C@@H](c3ccco3)C2)cc1. The van der Waals surface area contributed by atoms with Gasteiger partial charge in [-0.3, -0.25) is 14.4 Å². The van der Waals surface area contributed by atoms with Crippen LogP contribution in [0.3, 0.4) is 0 Å². The largest absolute Gasteiger partial charge is 0.497 e. The Hall–Kier alpha value is -3.42. The highest BCUT2D eigenvalue weighted by molar-refractivity contribution is 6.03. The van der Waals surface area contributed by atoms with E-state index in [2.05, 4.69) is 5.10 Å². The average Bonchev–Trinajstić information content (AvgIpc) is 3.52. The normalized spacial score (nSPS) is 26.2. The van der Waals surface area contributed by atoms with Crippen LogP contribution in [0.1, 0.15) is 55.9 Å². The highest BCUT2D eigenvalue weighted by Gasteiger charge is 2.42. The predicted octanol–water partition coefficient (Wildman–Crippen LogP) is 3.90. The first kappa shape index (κ1) is 22.4. The summed E-state index contributed by atoms with van der Waals surface area (Å²) in [4.78, 5) is 38.1. The molecule has 2 aliphatic carbocycles. The zero-order valence-corrected chi connectivity index (χ0v) is 19.1. The molecule has 5 rings (SSSR count). The van der Waals surface area contributed by atoms with Crippen LogP contribution in [-0.4, -0.2) is 42.1 Å². The van der Waals surface area contributed by atoms with Crippen molar-refractivity contribution in [2.45, 2.75) is 44.6 Å². The molecule has 2 fully saturated rings. The minimum Gasteiger partial charge on any atom is -0.497 e. The van der Waals surface area contributed by atoms with E-state index in [0.717, 1.165) is 36.3 Å². The molecule has 1 aliphatic heterocycles. The summed E-state index contributed by atoms with van der Waals surface area (Å²) in [6.45, 7) is -0.394. The van der Waals surface area contributed by atoms with Crippen LogP contribution in [0.4, 0.5) is 0 Å². The molecule has 2 aromatic rings. The van der Waals surface area contributed by atoms with Gasteiger partial charge in [-0.05, 0) is 67.6 Å². The molecule has 1 aromatic carbocycles. The third kappa shape index (κ3) is 4.36. The molecule has 2 bridgehead atoms. The van der Waals surface area contributed by atoms with Gasteiger partial charge in [0.25, 0.3) is 5.91 Å². The third-order valence-electron chi connectivity index (χ3n) is 7.18. The van der Waals surface area contributed by atoms with Gasteiger partial charge in [-0.25, -0.2) is 5.01 Å². The number of Topliss-reactive ketones (excluding diaryl/α,β-unsaturated/α-hetero) is 1. The van der Waals surface area contributed by atoms with Gasteiger partial charge in [0.1, 0.15) is 23.3 Å². The number of amides is 1. The van der Waals surface area contributed by atoms with Crippen molar-refractivity contribution in [1.29, 1.82) is 0 Å². The number of furan rings is 1. The fourth-order valence-corrected chi connectivity index (χ4v) is 5.39. The smallest absolute Gasteiger partial charge is 0.309 e. The second-order valence-electron chi connectivity index (χ2n) is 9.25. The van der Waals surface area contributed by atoms with Gasteiger partial charge in [-0.2, -0.15) is 5.10 Å². The van der Waals surface area contributed by atoms with E-state index >= 15 is 0 Å². The zero-order valence-electron chi connectivity index (χ0n) is 19.1. The number of ether oxygens (including phenoxy) is 2. The molecule has 1 aromatic heterocycles. The van der Waals surface area contributed by atoms with E-state index in [4.69, 9.17) is 13.9 Å². The van der Waals surface area contributed by atoms with E-state index in [0.29, 0.717) is 30.8 Å². The van der Waals surface area contributed by atoms with Gasteiger partial charge in [0.2, 0.25) is 0 Å². The lowest BCUT2D eigenvalue weighted by Crippen LogP contribution is -2.40. The molecule has 3 aliphatic rings. The lowest BCUT2D eigenvalue weighted by atomic mass is 9.67. The lowest BCUT2D eigenvalue weighted by Gasteiger charge is -2.36. The Morgan fingerprint density at radius 2 is 1.85 bits per heavy atom. The number of ketones is 1. The first-order chi connectivity index (χ1) is 16.5. The number of hydrogen-bond acceptors (Lipinski definition) is 7. The van der Waals surface area contributed by atoms with Gasteiger partial charge in [0.05, 0.1) is 25.0 Å². The number of hydrazone groups is 1. The maximum absolute atomic E-state index is 13.1. The van der Waals surface area contributed by atoms with Crippen LogP contribution >= 0.6 is 0 Å². The molecule has 0 N–H and O–H groups in total. The molecule has 0 saturated heterocycles. The Labute approximate surface area is 197 Å². The van der Waals surface area contributed by atoms with Crippen LogP contribution in [0.25, 0.3) is 0 Å². The van der Waals surface area contributed by atoms with Crippen molar-refractivity contribution in [3.05, 3.63) is 54.0 Å². The molecule has 8 heteroatoms. The predicted molar refractivity (Wildman–Crippen MR) is 122 cm³/mol. The Morgan fingerprint density at radius 1 is 1.12 bits per heavy atom. The third-order valence-corrected chi connectivity index (χ3v) is 7.18. The van der Waals surface area contributed by atoms with Crippen molar-refractivity contribution in [3.63, 3.8) is 0 Å². The van der Waals surface area contributed by atoms with Gasteiger partial charge in [0, 0.05) is 18.3 Å². The number of esters is 1. The summed E-state index contributed by atoms with van der Waals surface area (Å²) in [5.41, 5.74) is 1.62. The van der Waals surface area contributed by atoms with Crippen molar-refractivity contribution in [1.82, 2.24) is 5.01 Å². The molecular formula is C26H28N2O6. The molecular weight excluding hydrogens is 436 g/mol. The second kappa shape index (κ2) is 9.44. The van der Waals surface area contributed by atoms with Crippen LogP contribution in [0.5, 0.6) is 5.75 Å². The van der Waals surface area contributed by atoms with Gasteiger partial charge >= 0.3 is 5.97 Å². The summed E-state index contributed by atoms with van der Waals surface area (Å²) in [5.74, 6) is 0.433. The monoisotopic (exact) mass is 464 g/mol. The van der Waals surface area contributed by atoms with Gasteiger partial charge in [-0.1, -0.05) is 6.42 Å². The fraction of sp³-hybridized carbons (Fsp3) is 0.462. The molecule has 2 saturated carbocycles. The topological polar surface area (TPSA) is 98.4 Å². The maximum atomic E-state index is 13.1. The number of rotatable bonds is 6. The van der Waals surface area contributed by atoms with Crippen molar-refractivity contribution in [2.75, 3.05) is 13.7 Å². The van der Waals surface area contributed by atoms with Gasteiger partial charge < -0.3 is 13.9 Å². The number of carbonyl (C=O) groups is 3. The van der Waals surface area contributed by atoms with Crippen molar-refractivity contribution in [2.24, 2.45) is 22.9 Å². The number of fused-ring (bicyclic) bond motifs is 2. The summed E-state index contributed by atoms with van der Waals surface area (Å²) in [7, 11) is 1.61. The van der Waals surface area contributed by atoms with Crippen molar-refractivity contribution in [3.8, 4) is 5.75 Å². The number of benzene rings is 1. The Kier molecular flexibility index (Phi) is 6.22. The number of nitrogens with zero attached hydrogens (tertiary/aromatic N) is 2. The van der Waals surface area contributed by atoms with Crippen LogP contribution in [-0.2, 0) is 19.1 Å². The summed E-state index contributed by atoms with van der Waals surface area (Å²) in [6.07, 6.45) is 5.83. The lowest BCUT2D eigenvalue weighted by molar-refractivity contribution is -0.159. The van der Waals surface area contributed by atoms with E-state index < -0.39 is 24.5 Å². The van der Waals surface area contributed by atoms with Gasteiger partial charge in [-0.15, -0.1) is 0 Å². The Morgan fingerprint density at radius 3 is 2.50 bits per heavy atom. The molecule has 8 nitrogen and oxygen atoms in total. The van der Waals surface area contributed by atoms with Crippen LogP contribution in [0.15, 0.2) is 52.2 Å². The summed E-state index contributed by atoms with van der Waals surface area (Å²) in [5, 5.41) is 5.91. The highest BCUT2D eigenvalue weighted by Crippen LogP contribution is 2.40. The quantitative estimate of drug-likeness (QED) is 0.601. The number of carbonyl (C=O) groups excluding carboxylic acids is 3. The maximum Gasteiger partial charge on any atom is 0.309 e. The van der Waals surface area contributed by atoms with E-state index in [9.17, 15) is 14.4 Å². The van der Waals surface area contributed by atoms with Crippen molar-refractivity contribution >= 4 is 23.4 Å². The van der Waals surface area contributed by atoms with Crippen molar-refractivity contribution < 1.29 is 28.3 Å². The van der Waals surface area contributed by atoms with E-state index in [-0.39, 0.29) is 17.8 Å². The molecule has 0 radical (unpaired) electrons. The zero-order chi connectivity index (χ0) is 23.7. The molecule has 178 valence electrons. The highest BCUT2D eigenvalue weighted by atomic mass is 16.5. The first-order valence-electron chi connectivity index (χ1n) is 11.8. The molecule has 0 spiro atoms. The molecule has 1 unspecified atom stereocenters. The fourth-order valence-electron chi connectivity index (χ4n) is 5.39. The second-order valence-corrected chi connectivity index (χ2v) is 9.25. The van der Waals surface area contributed by atoms with E-state index in [1.165, 1.54) is 5.01 Å². The molecule has 4 atom stereocenters. The molecule has 2 heterocycles. The minimum atomic E-state index is -0.412. The number of hydrogen-bond donors (Lipinski definition) is 0. The Bertz CT molecular complexity index is 1080. The standard InChI is InChI=1S/C26H28N2O6/c1-32-20-9-7-16(8-10-20)21-14-22(23-6-3-11-33-23)28(27-21)24(29)15-34-26(31)19-12-17-4-2-5-18(13-19)25(17)30/h3,6-11,17-19,22H,2,4-5,12-15H2,1H3/t17-,18+,19?,22-/m1/s1. The van der Waals surface area contributed by atoms with Crippen LogP contribution < -0.4 is 4.74 Å². The van der Waals surface area contributed by atoms with E-state index in [1.54, 1.807) is 25.5 Å². The molecule has 34 heavy (non-hydrogen) atoms. The van der Waals surface area contributed by atoms with Gasteiger partial charge in [0.15, 0.2) is 6.61 Å². The van der Waals surface area contributed by atoms with Crippen LogP contribution in [0, 0.1) is 17.8 Å². The molecule has 1 amide bonds. The minimum absolute atomic E-state index is 0.0423.